The summed E-state index contributed by atoms with van der Waals surface area (Å²) >= 11 is 0. The summed E-state index contributed by atoms with van der Waals surface area (Å²) in [5.74, 6) is 1.66. The highest BCUT2D eigenvalue weighted by Gasteiger charge is 2.23. The maximum Gasteiger partial charge on any atom is 0.239 e. The van der Waals surface area contributed by atoms with Crippen molar-refractivity contribution in [2.45, 2.75) is 39.8 Å². The summed E-state index contributed by atoms with van der Waals surface area (Å²) in [6, 6.07) is -0.162. The number of nitrogens with one attached hydrogen (secondary N) is 1. The lowest BCUT2D eigenvalue weighted by molar-refractivity contribution is -0.131. The first kappa shape index (κ1) is 18.5. The minimum Gasteiger partial charge on any atom is -0.363 e. The molecule has 0 radical (unpaired) electrons. The van der Waals surface area contributed by atoms with E-state index >= 15 is 0 Å². The van der Waals surface area contributed by atoms with Crippen molar-refractivity contribution in [2.75, 3.05) is 33.1 Å². The molecule has 6 nitrogen and oxygen atoms in total. The minimum atomic E-state index is -0.162. The fourth-order valence-electron chi connectivity index (χ4n) is 2.74. The fraction of sp³-hybridized carbons (Fsp3) is 0.750. The first-order valence-corrected chi connectivity index (χ1v) is 7.79. The smallest absolute Gasteiger partial charge is 0.239 e. The monoisotopic (exact) mass is 309 g/mol. The van der Waals surface area contributed by atoms with Crippen LogP contribution in [0.5, 0.6) is 0 Å². The SMILES string of the molecule is Cc1nn(C)c(N(C)C)c1CN[C@@H](CC(C)C)C(=O)N(C)C. The molecular weight excluding hydrogens is 278 g/mol. The highest BCUT2D eigenvalue weighted by atomic mass is 16.2. The molecule has 0 aliphatic heterocycles. The quantitative estimate of drug-likeness (QED) is 0.827. The van der Waals surface area contributed by atoms with Crippen LogP contribution in [0, 0.1) is 12.8 Å². The van der Waals surface area contributed by atoms with Gasteiger partial charge in [-0.3, -0.25) is 9.48 Å². The number of hydrogen-bond donors (Lipinski definition) is 1. The maximum absolute atomic E-state index is 12.3. The van der Waals surface area contributed by atoms with Crippen LogP contribution in [0.25, 0.3) is 0 Å². The van der Waals surface area contributed by atoms with Crippen molar-refractivity contribution < 1.29 is 4.79 Å². The van der Waals surface area contributed by atoms with E-state index in [1.807, 2.05) is 32.7 Å². The number of rotatable bonds is 7. The lowest BCUT2D eigenvalue weighted by atomic mass is 10.0. The summed E-state index contributed by atoms with van der Waals surface area (Å²) < 4.78 is 1.89. The zero-order valence-corrected chi connectivity index (χ0v) is 15.3. The van der Waals surface area contributed by atoms with E-state index in [0.717, 1.165) is 23.5 Å². The van der Waals surface area contributed by atoms with Crippen LogP contribution in [0.2, 0.25) is 0 Å². The predicted molar refractivity (Wildman–Crippen MR) is 91.0 cm³/mol. The van der Waals surface area contributed by atoms with Crippen LogP contribution in [0.1, 0.15) is 31.5 Å². The Kier molecular flexibility index (Phi) is 6.41. The Balaban J connectivity index is 2.91. The first-order chi connectivity index (χ1) is 10.1. The van der Waals surface area contributed by atoms with E-state index < -0.39 is 0 Å². The number of amides is 1. The molecule has 126 valence electrons. The van der Waals surface area contributed by atoms with Gasteiger partial charge in [-0.2, -0.15) is 5.10 Å². The van der Waals surface area contributed by atoms with Crippen molar-refractivity contribution >= 4 is 11.7 Å². The molecule has 1 aromatic heterocycles. The molecule has 22 heavy (non-hydrogen) atoms. The Labute approximate surface area is 134 Å². The Morgan fingerprint density at radius 1 is 1.27 bits per heavy atom. The number of carbonyl (C=O) groups is 1. The van der Waals surface area contributed by atoms with Gasteiger partial charge in [0.1, 0.15) is 5.82 Å². The Morgan fingerprint density at radius 2 is 1.86 bits per heavy atom. The molecule has 1 amide bonds. The number of likely N-dealkylation sites (N-methyl/N-ethyl adjacent to an activating group) is 1. The molecular formula is C16H31N5O. The second-order valence-corrected chi connectivity index (χ2v) is 6.70. The summed E-state index contributed by atoms with van der Waals surface area (Å²) in [5, 5.41) is 7.92. The summed E-state index contributed by atoms with van der Waals surface area (Å²) in [6.07, 6.45) is 0.827. The van der Waals surface area contributed by atoms with E-state index in [1.54, 1.807) is 19.0 Å². The summed E-state index contributed by atoms with van der Waals surface area (Å²) in [4.78, 5) is 16.1. The molecule has 0 bridgehead atoms. The van der Waals surface area contributed by atoms with Gasteiger partial charge in [0.15, 0.2) is 0 Å². The van der Waals surface area contributed by atoms with E-state index in [4.69, 9.17) is 0 Å². The molecule has 0 spiro atoms. The fourth-order valence-corrected chi connectivity index (χ4v) is 2.74. The summed E-state index contributed by atoms with van der Waals surface area (Å²) in [7, 11) is 9.57. The van der Waals surface area contributed by atoms with Crippen LogP contribution in [0.15, 0.2) is 0 Å². The lowest BCUT2D eigenvalue weighted by Gasteiger charge is -2.24. The molecule has 0 aromatic carbocycles. The molecule has 0 saturated heterocycles. The van der Waals surface area contributed by atoms with Crippen LogP contribution in [0.3, 0.4) is 0 Å². The molecule has 1 rings (SSSR count). The minimum absolute atomic E-state index is 0.127. The van der Waals surface area contributed by atoms with Crippen LogP contribution in [-0.2, 0) is 18.4 Å². The maximum atomic E-state index is 12.3. The highest BCUT2D eigenvalue weighted by Crippen LogP contribution is 2.21. The Morgan fingerprint density at radius 3 is 2.32 bits per heavy atom. The van der Waals surface area contributed by atoms with Crippen molar-refractivity contribution in [3.63, 3.8) is 0 Å². The van der Waals surface area contributed by atoms with Crippen molar-refractivity contribution in [3.05, 3.63) is 11.3 Å². The van der Waals surface area contributed by atoms with Gasteiger partial charge in [0, 0.05) is 47.3 Å². The molecule has 1 heterocycles. The zero-order chi connectivity index (χ0) is 17.0. The number of hydrogen-bond acceptors (Lipinski definition) is 4. The normalized spacial score (nSPS) is 12.6. The van der Waals surface area contributed by atoms with Crippen molar-refractivity contribution in [2.24, 2.45) is 13.0 Å². The topological polar surface area (TPSA) is 53.4 Å². The van der Waals surface area contributed by atoms with E-state index in [9.17, 15) is 4.79 Å². The zero-order valence-electron chi connectivity index (χ0n) is 15.3. The van der Waals surface area contributed by atoms with Crippen molar-refractivity contribution in [3.8, 4) is 0 Å². The molecule has 1 atom stereocenters. The van der Waals surface area contributed by atoms with Gasteiger partial charge in [-0.1, -0.05) is 13.8 Å². The van der Waals surface area contributed by atoms with Gasteiger partial charge in [0.05, 0.1) is 11.7 Å². The summed E-state index contributed by atoms with van der Waals surface area (Å²) in [6.45, 7) is 6.93. The van der Waals surface area contributed by atoms with Crippen molar-refractivity contribution in [1.82, 2.24) is 20.0 Å². The Bertz CT molecular complexity index is 505. The second kappa shape index (κ2) is 7.63. The van der Waals surface area contributed by atoms with E-state index in [1.165, 1.54) is 0 Å². The van der Waals surface area contributed by atoms with Crippen LogP contribution >= 0.6 is 0 Å². The van der Waals surface area contributed by atoms with Gasteiger partial charge in [-0.15, -0.1) is 0 Å². The second-order valence-electron chi connectivity index (χ2n) is 6.70. The van der Waals surface area contributed by atoms with Crippen LogP contribution < -0.4 is 10.2 Å². The van der Waals surface area contributed by atoms with Gasteiger partial charge in [-0.25, -0.2) is 0 Å². The highest BCUT2D eigenvalue weighted by molar-refractivity contribution is 5.81. The van der Waals surface area contributed by atoms with E-state index in [0.29, 0.717) is 12.5 Å². The van der Waals surface area contributed by atoms with Crippen molar-refractivity contribution in [1.29, 1.82) is 0 Å². The predicted octanol–water partition coefficient (Wildman–Crippen LogP) is 1.39. The molecule has 6 heteroatoms. The number of carbonyl (C=O) groups excluding carboxylic acids is 1. The molecule has 0 unspecified atom stereocenters. The molecule has 0 saturated carbocycles. The third kappa shape index (κ3) is 4.47. The van der Waals surface area contributed by atoms with E-state index in [-0.39, 0.29) is 11.9 Å². The Hall–Kier alpha value is -1.56. The van der Waals surface area contributed by atoms with E-state index in [2.05, 4.69) is 29.2 Å². The largest absolute Gasteiger partial charge is 0.363 e. The third-order valence-corrected chi connectivity index (χ3v) is 3.71. The number of aryl methyl sites for hydroxylation is 2. The van der Waals surface area contributed by atoms with Crippen LogP contribution in [-0.4, -0.2) is 54.8 Å². The molecule has 1 aromatic rings. The third-order valence-electron chi connectivity index (χ3n) is 3.71. The average molecular weight is 309 g/mol. The average Bonchev–Trinajstić information content (AvgIpc) is 2.67. The molecule has 0 aliphatic rings. The number of anilines is 1. The summed E-state index contributed by atoms with van der Waals surface area (Å²) in [5.41, 5.74) is 2.15. The molecule has 0 fully saturated rings. The number of nitrogens with zero attached hydrogens (tertiary/aromatic N) is 4. The van der Waals surface area contributed by atoms with Gasteiger partial charge >= 0.3 is 0 Å². The lowest BCUT2D eigenvalue weighted by Crippen LogP contribution is -2.44. The first-order valence-electron chi connectivity index (χ1n) is 7.79. The van der Waals surface area contributed by atoms with Gasteiger partial charge in [0.2, 0.25) is 5.91 Å². The standard InChI is InChI=1S/C16H31N5O/c1-11(2)9-14(16(22)20(6)7)17-10-13-12(3)18-21(8)15(13)19(4)5/h11,14,17H,9-10H2,1-8H3/t14-/m0/s1. The van der Waals surface area contributed by atoms with Crippen LogP contribution in [0.4, 0.5) is 5.82 Å². The van der Waals surface area contributed by atoms with Gasteiger partial charge < -0.3 is 15.1 Å². The molecule has 1 N–H and O–H groups in total. The van der Waals surface area contributed by atoms with Gasteiger partial charge in [-0.05, 0) is 19.3 Å². The van der Waals surface area contributed by atoms with Gasteiger partial charge in [0.25, 0.3) is 0 Å². The molecule has 0 aliphatic carbocycles. The number of aromatic nitrogens is 2.